The lowest BCUT2D eigenvalue weighted by atomic mass is 10.0. The lowest BCUT2D eigenvalue weighted by molar-refractivity contribution is -0.121. The van der Waals surface area contributed by atoms with Gasteiger partial charge < -0.3 is 10.1 Å². The molecule has 1 atom stereocenters. The van der Waals surface area contributed by atoms with Gasteiger partial charge in [-0.3, -0.25) is 4.79 Å². The second-order valence-electron chi connectivity index (χ2n) is 6.38. The summed E-state index contributed by atoms with van der Waals surface area (Å²) in [5, 5.41) is 2.48. The maximum atomic E-state index is 12.1. The highest BCUT2D eigenvalue weighted by Gasteiger charge is 2.34. The first kappa shape index (κ1) is 19.3. The van der Waals surface area contributed by atoms with Crippen LogP contribution in [0.1, 0.15) is 25.8 Å². The standard InChI is InChI=1S/C17H25NO4S2/c1-13(2)24(20,21)15-6-4-14(5-7-15)10-16(19)18-11-17(22-3)8-9-23-12-17/h4-7,13H,8-12H2,1-3H3,(H,18,19). The zero-order valence-corrected chi connectivity index (χ0v) is 16.0. The van der Waals surface area contributed by atoms with Crippen molar-refractivity contribution in [2.24, 2.45) is 0 Å². The summed E-state index contributed by atoms with van der Waals surface area (Å²) in [5.74, 6) is 1.86. The van der Waals surface area contributed by atoms with E-state index in [1.807, 2.05) is 11.8 Å². The molecule has 7 heteroatoms. The van der Waals surface area contributed by atoms with Gasteiger partial charge in [-0.2, -0.15) is 11.8 Å². The molecule has 1 amide bonds. The first-order valence-electron chi connectivity index (χ1n) is 8.01. The van der Waals surface area contributed by atoms with Gasteiger partial charge in [-0.05, 0) is 43.7 Å². The smallest absolute Gasteiger partial charge is 0.224 e. The average Bonchev–Trinajstić information content (AvgIpc) is 3.03. The first-order valence-corrected chi connectivity index (χ1v) is 10.7. The van der Waals surface area contributed by atoms with Crippen LogP contribution in [0.25, 0.3) is 0 Å². The van der Waals surface area contributed by atoms with Crippen LogP contribution in [0.2, 0.25) is 0 Å². The van der Waals surface area contributed by atoms with Crippen molar-refractivity contribution in [1.82, 2.24) is 5.32 Å². The molecule has 0 aliphatic carbocycles. The van der Waals surface area contributed by atoms with E-state index in [4.69, 9.17) is 4.74 Å². The molecule has 1 aliphatic heterocycles. The zero-order valence-electron chi connectivity index (χ0n) is 14.4. The SMILES string of the molecule is COC1(CNC(=O)Cc2ccc(S(=O)(=O)C(C)C)cc2)CCSC1. The van der Waals surface area contributed by atoms with Crippen LogP contribution < -0.4 is 5.32 Å². The third kappa shape index (κ3) is 4.52. The minimum absolute atomic E-state index is 0.0807. The normalized spacial score (nSPS) is 21.2. The van der Waals surface area contributed by atoms with Crippen molar-refractivity contribution < 1.29 is 17.9 Å². The molecule has 1 N–H and O–H groups in total. The van der Waals surface area contributed by atoms with Gasteiger partial charge in [0.15, 0.2) is 9.84 Å². The highest BCUT2D eigenvalue weighted by Crippen LogP contribution is 2.30. The molecule has 1 aromatic rings. The van der Waals surface area contributed by atoms with E-state index in [2.05, 4.69) is 5.32 Å². The highest BCUT2D eigenvalue weighted by molar-refractivity contribution is 7.99. The number of thioether (sulfide) groups is 1. The molecule has 0 bridgehead atoms. The molecule has 1 heterocycles. The lowest BCUT2D eigenvalue weighted by Crippen LogP contribution is -2.45. The van der Waals surface area contributed by atoms with Crippen molar-refractivity contribution in [3.05, 3.63) is 29.8 Å². The second-order valence-corrected chi connectivity index (χ2v) is 9.99. The summed E-state index contributed by atoms with van der Waals surface area (Å²) < 4.78 is 29.7. The Morgan fingerprint density at radius 3 is 2.50 bits per heavy atom. The van der Waals surface area contributed by atoms with E-state index in [-0.39, 0.29) is 17.9 Å². The second kappa shape index (κ2) is 7.89. The third-order valence-electron chi connectivity index (χ3n) is 4.35. The summed E-state index contributed by atoms with van der Waals surface area (Å²) in [4.78, 5) is 12.4. The number of carbonyl (C=O) groups excluding carboxylic acids is 1. The molecule has 0 aromatic heterocycles. The molecule has 1 unspecified atom stereocenters. The van der Waals surface area contributed by atoms with Gasteiger partial charge in [-0.1, -0.05) is 12.1 Å². The van der Waals surface area contributed by atoms with Crippen LogP contribution in [0.3, 0.4) is 0 Å². The van der Waals surface area contributed by atoms with E-state index >= 15 is 0 Å². The van der Waals surface area contributed by atoms with Crippen molar-refractivity contribution in [3.8, 4) is 0 Å². The summed E-state index contributed by atoms with van der Waals surface area (Å²) in [6, 6.07) is 6.54. The van der Waals surface area contributed by atoms with E-state index in [0.29, 0.717) is 11.4 Å². The molecule has 1 fully saturated rings. The van der Waals surface area contributed by atoms with Crippen LogP contribution in [0.15, 0.2) is 29.2 Å². The molecule has 1 aliphatic rings. The van der Waals surface area contributed by atoms with Crippen molar-refractivity contribution in [2.45, 2.75) is 42.4 Å². The molecule has 0 saturated carbocycles. The Morgan fingerprint density at radius 2 is 2.00 bits per heavy atom. The van der Waals surface area contributed by atoms with E-state index in [0.717, 1.165) is 23.5 Å². The van der Waals surface area contributed by atoms with Crippen LogP contribution in [0.5, 0.6) is 0 Å². The summed E-state index contributed by atoms with van der Waals surface area (Å²) in [5.41, 5.74) is 0.540. The minimum Gasteiger partial charge on any atom is -0.376 e. The molecule has 2 rings (SSSR count). The van der Waals surface area contributed by atoms with Gasteiger partial charge in [0, 0.05) is 19.4 Å². The summed E-state index contributed by atoms with van der Waals surface area (Å²) in [6.45, 7) is 3.82. The molecule has 134 valence electrons. The van der Waals surface area contributed by atoms with Crippen LogP contribution in [0, 0.1) is 0 Å². The van der Waals surface area contributed by atoms with E-state index < -0.39 is 15.1 Å². The Bertz CT molecular complexity index is 662. The van der Waals surface area contributed by atoms with E-state index in [1.165, 1.54) is 0 Å². The molecular weight excluding hydrogens is 346 g/mol. The fraction of sp³-hybridized carbons (Fsp3) is 0.588. The van der Waals surface area contributed by atoms with Gasteiger partial charge in [0.1, 0.15) is 0 Å². The molecule has 5 nitrogen and oxygen atoms in total. The van der Waals surface area contributed by atoms with Crippen LogP contribution >= 0.6 is 11.8 Å². The summed E-state index contributed by atoms with van der Waals surface area (Å²) in [6.07, 6.45) is 1.17. The van der Waals surface area contributed by atoms with Gasteiger partial charge in [-0.25, -0.2) is 8.42 Å². The van der Waals surface area contributed by atoms with Gasteiger partial charge in [0.25, 0.3) is 0 Å². The minimum atomic E-state index is -3.27. The number of benzene rings is 1. The van der Waals surface area contributed by atoms with E-state index in [9.17, 15) is 13.2 Å². The van der Waals surface area contributed by atoms with Gasteiger partial charge >= 0.3 is 0 Å². The van der Waals surface area contributed by atoms with Crippen molar-refractivity contribution in [2.75, 3.05) is 25.2 Å². The fourth-order valence-electron chi connectivity index (χ4n) is 2.54. The molecule has 0 spiro atoms. The summed E-state index contributed by atoms with van der Waals surface area (Å²) in [7, 11) is -1.59. The number of hydrogen-bond donors (Lipinski definition) is 1. The van der Waals surface area contributed by atoms with Crippen molar-refractivity contribution >= 4 is 27.5 Å². The molecule has 24 heavy (non-hydrogen) atoms. The number of carbonyl (C=O) groups is 1. The predicted octanol–water partition coefficient (Wildman–Crippen LogP) is 2.05. The van der Waals surface area contributed by atoms with Crippen LogP contribution in [-0.4, -0.2) is 50.3 Å². The Labute approximate surface area is 148 Å². The van der Waals surface area contributed by atoms with Crippen LogP contribution in [-0.2, 0) is 25.8 Å². The maximum Gasteiger partial charge on any atom is 0.224 e. The predicted molar refractivity (Wildman–Crippen MR) is 97.2 cm³/mol. The Balaban J connectivity index is 1.93. The van der Waals surface area contributed by atoms with Gasteiger partial charge in [-0.15, -0.1) is 0 Å². The Morgan fingerprint density at radius 1 is 1.33 bits per heavy atom. The highest BCUT2D eigenvalue weighted by atomic mass is 32.2. The number of amides is 1. The number of sulfone groups is 1. The average molecular weight is 372 g/mol. The number of ether oxygens (including phenoxy) is 1. The molecular formula is C17H25NO4S2. The molecule has 1 saturated heterocycles. The van der Waals surface area contributed by atoms with Crippen LogP contribution in [0.4, 0.5) is 0 Å². The topological polar surface area (TPSA) is 72.5 Å². The van der Waals surface area contributed by atoms with E-state index in [1.54, 1.807) is 45.2 Å². The largest absolute Gasteiger partial charge is 0.376 e. The number of rotatable bonds is 7. The molecule has 0 radical (unpaired) electrons. The Hall–Kier alpha value is -1.05. The third-order valence-corrected chi connectivity index (χ3v) is 7.74. The fourth-order valence-corrected chi connectivity index (χ4v) is 4.99. The Kier molecular flexibility index (Phi) is 6.33. The van der Waals surface area contributed by atoms with Crippen molar-refractivity contribution in [1.29, 1.82) is 0 Å². The summed E-state index contributed by atoms with van der Waals surface area (Å²) >= 11 is 1.83. The van der Waals surface area contributed by atoms with Gasteiger partial charge in [0.2, 0.25) is 5.91 Å². The quantitative estimate of drug-likeness (QED) is 0.794. The number of nitrogens with one attached hydrogen (secondary N) is 1. The number of methoxy groups -OCH3 is 1. The lowest BCUT2D eigenvalue weighted by Gasteiger charge is -2.26. The maximum absolute atomic E-state index is 12.1. The first-order chi connectivity index (χ1) is 11.3. The van der Waals surface area contributed by atoms with Gasteiger partial charge in [0.05, 0.1) is 22.2 Å². The number of hydrogen-bond acceptors (Lipinski definition) is 5. The molecule has 1 aromatic carbocycles. The van der Waals surface area contributed by atoms with Crippen molar-refractivity contribution in [3.63, 3.8) is 0 Å². The monoisotopic (exact) mass is 371 g/mol. The zero-order chi connectivity index (χ0) is 17.8.